The number of hydrogen-bond acceptors (Lipinski definition) is 4. The molecule has 6 nitrogen and oxygen atoms in total. The molecule has 146 valence electrons. The smallest absolute Gasteiger partial charge is 0.274 e. The number of hydrogen-bond donors (Lipinski definition) is 0. The minimum absolute atomic E-state index is 0.0505. The summed E-state index contributed by atoms with van der Waals surface area (Å²) in [6, 6.07) is 18.7. The maximum atomic E-state index is 12.8. The highest BCUT2D eigenvalue weighted by molar-refractivity contribution is 6.30. The fraction of sp³-hybridized carbons (Fsp3) is 0.136. The average Bonchev–Trinajstić information content (AvgIpc) is 3.37. The van der Waals surface area contributed by atoms with Crippen molar-refractivity contribution in [2.24, 2.45) is 0 Å². The van der Waals surface area contributed by atoms with E-state index in [1.807, 2.05) is 61.7 Å². The van der Waals surface area contributed by atoms with E-state index < -0.39 is 0 Å². The molecule has 2 heterocycles. The Kier molecular flexibility index (Phi) is 5.18. The lowest BCUT2D eigenvalue weighted by Crippen LogP contribution is -2.30. The SMILES string of the molecule is Cc1cccc(N(C)C(=O)Cn2cccc2-c2nc(-c3ccc(Cl)cc3)no2)c1. The lowest BCUT2D eigenvalue weighted by atomic mass is 10.2. The molecule has 29 heavy (non-hydrogen) atoms. The molecule has 0 radical (unpaired) electrons. The van der Waals surface area contributed by atoms with Gasteiger partial charge >= 0.3 is 0 Å². The van der Waals surface area contributed by atoms with Crippen molar-refractivity contribution in [1.82, 2.24) is 14.7 Å². The molecule has 0 fully saturated rings. The first kappa shape index (κ1) is 19.0. The van der Waals surface area contributed by atoms with Crippen molar-refractivity contribution in [2.45, 2.75) is 13.5 Å². The highest BCUT2D eigenvalue weighted by Gasteiger charge is 2.17. The summed E-state index contributed by atoms with van der Waals surface area (Å²) in [7, 11) is 1.77. The van der Waals surface area contributed by atoms with Gasteiger partial charge in [-0.1, -0.05) is 28.9 Å². The number of amides is 1. The molecule has 4 aromatic rings. The van der Waals surface area contributed by atoms with Gasteiger partial charge in [-0.15, -0.1) is 0 Å². The van der Waals surface area contributed by atoms with Crippen molar-refractivity contribution in [2.75, 3.05) is 11.9 Å². The predicted octanol–water partition coefficient (Wildman–Crippen LogP) is 4.83. The van der Waals surface area contributed by atoms with Gasteiger partial charge in [0, 0.05) is 29.5 Å². The maximum Gasteiger partial charge on any atom is 0.274 e. The molecule has 4 rings (SSSR count). The molecule has 2 aromatic carbocycles. The van der Waals surface area contributed by atoms with E-state index in [2.05, 4.69) is 10.1 Å². The quantitative estimate of drug-likeness (QED) is 0.476. The Labute approximate surface area is 173 Å². The van der Waals surface area contributed by atoms with Gasteiger partial charge in [0.05, 0.1) is 0 Å². The second kappa shape index (κ2) is 7.93. The van der Waals surface area contributed by atoms with Gasteiger partial charge in [0.2, 0.25) is 11.7 Å². The third-order valence-corrected chi connectivity index (χ3v) is 4.90. The molecule has 0 saturated heterocycles. The Morgan fingerprint density at radius 3 is 2.69 bits per heavy atom. The van der Waals surface area contributed by atoms with Crippen LogP contribution < -0.4 is 4.90 Å². The molecule has 7 heteroatoms. The van der Waals surface area contributed by atoms with Crippen LogP contribution in [0.5, 0.6) is 0 Å². The van der Waals surface area contributed by atoms with Crippen LogP contribution in [-0.4, -0.2) is 27.7 Å². The monoisotopic (exact) mass is 406 g/mol. The third kappa shape index (κ3) is 4.07. The Balaban J connectivity index is 1.54. The van der Waals surface area contributed by atoms with Crippen LogP contribution in [0.1, 0.15) is 5.56 Å². The van der Waals surface area contributed by atoms with Crippen molar-refractivity contribution in [3.05, 3.63) is 77.4 Å². The van der Waals surface area contributed by atoms with Crippen LogP contribution in [0.2, 0.25) is 5.02 Å². The van der Waals surface area contributed by atoms with Crippen LogP contribution in [-0.2, 0) is 11.3 Å². The standard InChI is InChI=1S/C22H19ClN4O2/c1-15-5-3-6-18(13-15)26(2)20(28)14-27-12-4-7-19(27)22-24-21(25-29-22)16-8-10-17(23)11-9-16/h3-13H,14H2,1-2H3. The number of anilines is 1. The molecular weight excluding hydrogens is 388 g/mol. The molecular formula is C22H19ClN4O2. The molecule has 0 bridgehead atoms. The summed E-state index contributed by atoms with van der Waals surface area (Å²) in [6.45, 7) is 2.16. The largest absolute Gasteiger partial charge is 0.334 e. The van der Waals surface area contributed by atoms with E-state index in [0.717, 1.165) is 16.8 Å². The van der Waals surface area contributed by atoms with Crippen LogP contribution in [0.4, 0.5) is 5.69 Å². The lowest BCUT2D eigenvalue weighted by Gasteiger charge is -2.18. The number of aromatic nitrogens is 3. The Hall–Kier alpha value is -3.38. The molecule has 0 N–H and O–H groups in total. The van der Waals surface area contributed by atoms with Crippen molar-refractivity contribution < 1.29 is 9.32 Å². The minimum atomic E-state index is -0.0505. The van der Waals surface area contributed by atoms with Gasteiger partial charge in [-0.25, -0.2) is 0 Å². The minimum Gasteiger partial charge on any atom is -0.334 e. The fourth-order valence-electron chi connectivity index (χ4n) is 3.02. The fourth-order valence-corrected chi connectivity index (χ4v) is 3.15. The predicted molar refractivity (Wildman–Crippen MR) is 113 cm³/mol. The van der Waals surface area contributed by atoms with Gasteiger partial charge in [0.15, 0.2) is 0 Å². The lowest BCUT2D eigenvalue weighted by molar-refractivity contribution is -0.118. The molecule has 0 aliphatic carbocycles. The number of carbonyl (C=O) groups excluding carboxylic acids is 1. The molecule has 0 atom stereocenters. The Bertz CT molecular complexity index is 1150. The number of aryl methyl sites for hydroxylation is 1. The summed E-state index contributed by atoms with van der Waals surface area (Å²) in [5, 5.41) is 4.69. The number of benzene rings is 2. The van der Waals surface area contributed by atoms with E-state index in [1.54, 1.807) is 28.6 Å². The number of likely N-dealkylation sites (N-methyl/N-ethyl adjacent to an activating group) is 1. The zero-order chi connectivity index (χ0) is 20.4. The zero-order valence-electron chi connectivity index (χ0n) is 16.0. The Morgan fingerprint density at radius 1 is 1.14 bits per heavy atom. The molecule has 0 aliphatic rings. The van der Waals surface area contributed by atoms with E-state index >= 15 is 0 Å². The summed E-state index contributed by atoms with van der Waals surface area (Å²) < 4.78 is 7.24. The van der Waals surface area contributed by atoms with E-state index in [0.29, 0.717) is 22.4 Å². The van der Waals surface area contributed by atoms with Crippen LogP contribution in [0, 0.1) is 6.92 Å². The average molecular weight is 407 g/mol. The maximum absolute atomic E-state index is 12.8. The molecule has 1 amide bonds. The van der Waals surface area contributed by atoms with Gasteiger partial charge < -0.3 is 14.0 Å². The zero-order valence-corrected chi connectivity index (χ0v) is 16.8. The van der Waals surface area contributed by atoms with Gasteiger partial charge in [0.1, 0.15) is 12.2 Å². The van der Waals surface area contributed by atoms with Crippen molar-refractivity contribution >= 4 is 23.2 Å². The third-order valence-electron chi connectivity index (χ3n) is 4.65. The van der Waals surface area contributed by atoms with Gasteiger partial charge in [0.25, 0.3) is 5.89 Å². The number of nitrogens with zero attached hydrogens (tertiary/aromatic N) is 4. The topological polar surface area (TPSA) is 64.2 Å². The highest BCUT2D eigenvalue weighted by atomic mass is 35.5. The van der Waals surface area contributed by atoms with E-state index in [1.165, 1.54) is 0 Å². The molecule has 0 unspecified atom stereocenters. The van der Waals surface area contributed by atoms with Crippen molar-refractivity contribution in [1.29, 1.82) is 0 Å². The number of rotatable bonds is 5. The first-order chi connectivity index (χ1) is 14.0. The van der Waals surface area contributed by atoms with E-state index in [9.17, 15) is 4.79 Å². The van der Waals surface area contributed by atoms with Gasteiger partial charge in [-0.3, -0.25) is 4.79 Å². The van der Waals surface area contributed by atoms with Crippen LogP contribution in [0.15, 0.2) is 71.4 Å². The van der Waals surface area contributed by atoms with Crippen molar-refractivity contribution in [3.8, 4) is 23.0 Å². The second-order valence-electron chi connectivity index (χ2n) is 6.74. The molecule has 2 aromatic heterocycles. The second-order valence-corrected chi connectivity index (χ2v) is 7.18. The molecule has 0 spiro atoms. The van der Waals surface area contributed by atoms with E-state index in [4.69, 9.17) is 16.1 Å². The number of carbonyl (C=O) groups is 1. The summed E-state index contributed by atoms with van der Waals surface area (Å²) >= 11 is 5.93. The van der Waals surface area contributed by atoms with Gasteiger partial charge in [-0.2, -0.15) is 4.98 Å². The normalized spacial score (nSPS) is 10.9. The first-order valence-electron chi connectivity index (χ1n) is 9.09. The highest BCUT2D eigenvalue weighted by Crippen LogP contribution is 2.24. The Morgan fingerprint density at radius 2 is 1.93 bits per heavy atom. The summed E-state index contributed by atoms with van der Waals surface area (Å²) in [4.78, 5) is 18.9. The van der Waals surface area contributed by atoms with Crippen LogP contribution in [0.25, 0.3) is 23.0 Å². The molecule has 0 aliphatic heterocycles. The van der Waals surface area contributed by atoms with Crippen molar-refractivity contribution in [3.63, 3.8) is 0 Å². The number of halogens is 1. The summed E-state index contributed by atoms with van der Waals surface area (Å²) in [6.07, 6.45) is 1.82. The van der Waals surface area contributed by atoms with Crippen LogP contribution >= 0.6 is 11.6 Å². The van der Waals surface area contributed by atoms with Gasteiger partial charge in [-0.05, 0) is 61.0 Å². The molecule has 0 saturated carbocycles. The first-order valence-corrected chi connectivity index (χ1v) is 9.47. The van der Waals surface area contributed by atoms with Crippen LogP contribution in [0.3, 0.4) is 0 Å². The van der Waals surface area contributed by atoms with E-state index in [-0.39, 0.29) is 12.5 Å². The summed E-state index contributed by atoms with van der Waals surface area (Å²) in [5.41, 5.74) is 3.44. The summed E-state index contributed by atoms with van der Waals surface area (Å²) in [5.74, 6) is 0.768.